The normalized spacial score (nSPS) is 16.7. The molecule has 3 nitrogen and oxygen atoms in total. The third-order valence-corrected chi connectivity index (χ3v) is 3.75. The van der Waals surface area contributed by atoms with Crippen LogP contribution in [-0.4, -0.2) is 17.6 Å². The van der Waals surface area contributed by atoms with Crippen molar-refractivity contribution in [2.45, 2.75) is 26.7 Å². The van der Waals surface area contributed by atoms with Gasteiger partial charge in [0.1, 0.15) is 0 Å². The summed E-state index contributed by atoms with van der Waals surface area (Å²) in [7, 11) is 0. The Balaban J connectivity index is 2.11. The predicted octanol–water partition coefficient (Wildman–Crippen LogP) is 3.15. The second-order valence-electron chi connectivity index (χ2n) is 5.09. The Bertz CT molecular complexity index is 494. The Labute approximate surface area is 112 Å². The molecule has 2 rings (SSSR count). The number of hydrogen-bond acceptors (Lipinski definition) is 3. The monoisotopic (exact) mass is 265 g/mol. The third-order valence-electron chi connectivity index (χ3n) is 3.08. The van der Waals surface area contributed by atoms with Crippen LogP contribution in [0.25, 0.3) is 0 Å². The van der Waals surface area contributed by atoms with Gasteiger partial charge < -0.3 is 4.84 Å². The first-order valence-electron chi connectivity index (χ1n) is 5.97. The summed E-state index contributed by atoms with van der Waals surface area (Å²) in [4.78, 5) is 16.8. The molecule has 4 heteroatoms. The van der Waals surface area contributed by atoms with E-state index in [4.69, 9.17) is 16.4 Å². The molecule has 0 saturated heterocycles. The van der Waals surface area contributed by atoms with Crippen LogP contribution in [0, 0.1) is 5.41 Å². The number of nitrogens with zero attached hydrogens (tertiary/aromatic N) is 1. The number of alkyl halides is 1. The first-order valence-corrected chi connectivity index (χ1v) is 6.50. The van der Waals surface area contributed by atoms with E-state index in [-0.39, 0.29) is 5.88 Å². The Morgan fingerprint density at radius 3 is 2.83 bits per heavy atom. The zero-order valence-corrected chi connectivity index (χ0v) is 11.3. The molecule has 18 heavy (non-hydrogen) atoms. The van der Waals surface area contributed by atoms with Crippen molar-refractivity contribution in [3.05, 3.63) is 35.4 Å². The number of rotatable bonds is 3. The Morgan fingerprint density at radius 1 is 1.39 bits per heavy atom. The van der Waals surface area contributed by atoms with Crippen LogP contribution in [0.4, 0.5) is 0 Å². The van der Waals surface area contributed by atoms with Crippen LogP contribution < -0.4 is 0 Å². The van der Waals surface area contributed by atoms with Crippen LogP contribution >= 0.6 is 11.6 Å². The fourth-order valence-corrected chi connectivity index (χ4v) is 1.89. The molecular formula is C14H16ClNO2. The van der Waals surface area contributed by atoms with Crippen molar-refractivity contribution in [3.8, 4) is 0 Å². The number of halogens is 1. The summed E-state index contributed by atoms with van der Waals surface area (Å²) in [5, 5.41) is 3.99. The van der Waals surface area contributed by atoms with E-state index < -0.39 is 11.4 Å². The smallest absolute Gasteiger partial charge is 0.317 e. The molecule has 0 amide bonds. The highest BCUT2D eigenvalue weighted by Gasteiger charge is 2.29. The SMILES string of the molecule is CC(C)(CCl)C(=O)O/N=C1\CCc2ccccc21. The molecule has 96 valence electrons. The van der Waals surface area contributed by atoms with Gasteiger partial charge in [0, 0.05) is 11.4 Å². The van der Waals surface area contributed by atoms with Gasteiger partial charge in [0.2, 0.25) is 0 Å². The molecule has 0 fully saturated rings. The summed E-state index contributed by atoms with van der Waals surface area (Å²) >= 11 is 5.72. The van der Waals surface area contributed by atoms with Crippen LogP contribution in [-0.2, 0) is 16.1 Å². The highest BCUT2D eigenvalue weighted by Crippen LogP contribution is 2.23. The lowest BCUT2D eigenvalue weighted by atomic mass is 9.97. The van der Waals surface area contributed by atoms with Crippen molar-refractivity contribution >= 4 is 23.3 Å². The fourth-order valence-electron chi connectivity index (χ4n) is 1.78. The second-order valence-corrected chi connectivity index (χ2v) is 5.36. The minimum Gasteiger partial charge on any atom is -0.317 e. The average molecular weight is 266 g/mol. The van der Waals surface area contributed by atoms with Crippen molar-refractivity contribution in [1.29, 1.82) is 0 Å². The predicted molar refractivity (Wildman–Crippen MR) is 71.9 cm³/mol. The van der Waals surface area contributed by atoms with Gasteiger partial charge in [-0.15, -0.1) is 11.6 Å². The molecule has 0 aliphatic heterocycles. The number of fused-ring (bicyclic) bond motifs is 1. The minimum absolute atomic E-state index is 0.216. The first kappa shape index (κ1) is 13.1. The van der Waals surface area contributed by atoms with Gasteiger partial charge in [0.15, 0.2) is 0 Å². The average Bonchev–Trinajstić information content (AvgIpc) is 2.79. The van der Waals surface area contributed by atoms with Gasteiger partial charge in [-0.2, -0.15) is 0 Å². The summed E-state index contributed by atoms with van der Waals surface area (Å²) in [5.74, 6) is -0.179. The molecule has 0 N–H and O–H groups in total. The van der Waals surface area contributed by atoms with Crippen molar-refractivity contribution in [2.75, 3.05) is 5.88 Å². The molecule has 0 radical (unpaired) electrons. The van der Waals surface area contributed by atoms with E-state index in [1.807, 2.05) is 18.2 Å². The highest BCUT2D eigenvalue weighted by molar-refractivity contribution is 6.19. The summed E-state index contributed by atoms with van der Waals surface area (Å²) in [6, 6.07) is 8.04. The van der Waals surface area contributed by atoms with Crippen molar-refractivity contribution < 1.29 is 9.63 Å². The van der Waals surface area contributed by atoms with Crippen molar-refractivity contribution in [1.82, 2.24) is 0 Å². The summed E-state index contributed by atoms with van der Waals surface area (Å²) < 4.78 is 0. The molecule has 0 atom stereocenters. The molecule has 0 spiro atoms. The van der Waals surface area contributed by atoms with Crippen LogP contribution in [0.5, 0.6) is 0 Å². The lowest BCUT2D eigenvalue weighted by Crippen LogP contribution is -2.27. The van der Waals surface area contributed by atoms with Crippen LogP contribution in [0.2, 0.25) is 0 Å². The molecule has 0 heterocycles. The van der Waals surface area contributed by atoms with E-state index >= 15 is 0 Å². The number of oxime groups is 1. The minimum atomic E-state index is -0.705. The molecule has 0 saturated carbocycles. The zero-order valence-electron chi connectivity index (χ0n) is 10.6. The highest BCUT2D eigenvalue weighted by atomic mass is 35.5. The molecule has 1 aliphatic rings. The maximum absolute atomic E-state index is 11.8. The van der Waals surface area contributed by atoms with Gasteiger partial charge in [-0.1, -0.05) is 29.4 Å². The molecule has 0 unspecified atom stereocenters. The molecule has 1 aromatic rings. The van der Waals surface area contributed by atoms with Gasteiger partial charge in [0.25, 0.3) is 0 Å². The quantitative estimate of drug-likeness (QED) is 0.478. The van der Waals surface area contributed by atoms with Crippen molar-refractivity contribution in [3.63, 3.8) is 0 Å². The Kier molecular flexibility index (Phi) is 3.71. The summed E-state index contributed by atoms with van der Waals surface area (Å²) in [5.41, 5.74) is 2.46. The maximum Gasteiger partial charge on any atom is 0.341 e. The fraction of sp³-hybridized carbons (Fsp3) is 0.429. The third kappa shape index (κ3) is 2.56. The number of carbonyl (C=O) groups is 1. The van der Waals surface area contributed by atoms with Gasteiger partial charge in [-0.25, -0.2) is 4.79 Å². The van der Waals surface area contributed by atoms with Crippen LogP contribution in [0.3, 0.4) is 0 Å². The number of hydrogen-bond donors (Lipinski definition) is 0. The van der Waals surface area contributed by atoms with E-state index in [0.29, 0.717) is 0 Å². The van der Waals surface area contributed by atoms with Gasteiger partial charge in [-0.05, 0) is 32.3 Å². The second kappa shape index (κ2) is 5.11. The van der Waals surface area contributed by atoms with Gasteiger partial charge in [-0.3, -0.25) is 0 Å². The zero-order chi connectivity index (χ0) is 13.2. The summed E-state index contributed by atoms with van der Waals surface area (Å²) in [6.07, 6.45) is 1.76. The number of carbonyl (C=O) groups excluding carboxylic acids is 1. The summed E-state index contributed by atoms with van der Waals surface area (Å²) in [6.45, 7) is 3.48. The Morgan fingerprint density at radius 2 is 2.11 bits per heavy atom. The Hall–Kier alpha value is -1.35. The van der Waals surface area contributed by atoms with Crippen LogP contribution in [0.15, 0.2) is 29.4 Å². The molecule has 1 aliphatic carbocycles. The largest absolute Gasteiger partial charge is 0.341 e. The number of benzene rings is 1. The molecule has 0 aromatic heterocycles. The van der Waals surface area contributed by atoms with Gasteiger partial charge >= 0.3 is 5.97 Å². The van der Waals surface area contributed by atoms with Gasteiger partial charge in [0.05, 0.1) is 11.1 Å². The maximum atomic E-state index is 11.8. The van der Waals surface area contributed by atoms with E-state index in [0.717, 1.165) is 24.1 Å². The lowest BCUT2D eigenvalue weighted by molar-refractivity contribution is -0.152. The van der Waals surface area contributed by atoms with E-state index in [9.17, 15) is 4.79 Å². The lowest BCUT2D eigenvalue weighted by Gasteiger charge is -2.16. The molecule has 0 bridgehead atoms. The van der Waals surface area contributed by atoms with E-state index in [1.54, 1.807) is 13.8 Å². The number of aryl methyl sites for hydroxylation is 1. The molecular weight excluding hydrogens is 250 g/mol. The van der Waals surface area contributed by atoms with Crippen LogP contribution in [0.1, 0.15) is 31.4 Å². The first-order chi connectivity index (χ1) is 8.54. The van der Waals surface area contributed by atoms with Crippen molar-refractivity contribution in [2.24, 2.45) is 10.6 Å². The standard InChI is InChI=1S/C14H16ClNO2/c1-14(2,9-15)13(17)18-16-12-8-7-10-5-3-4-6-11(10)12/h3-6H,7-9H2,1-2H3/b16-12+. The van der Waals surface area contributed by atoms with E-state index in [2.05, 4.69) is 11.2 Å². The molecule has 1 aromatic carbocycles. The topological polar surface area (TPSA) is 38.7 Å². The van der Waals surface area contributed by atoms with E-state index in [1.165, 1.54) is 5.56 Å².